The number of carbonyl (C=O) groups excluding carboxylic acids is 2. The Morgan fingerprint density at radius 3 is 2.69 bits per heavy atom. The lowest BCUT2D eigenvalue weighted by Crippen LogP contribution is -2.43. The van der Waals surface area contributed by atoms with Crippen LogP contribution in [0.5, 0.6) is 5.75 Å². The Kier molecular flexibility index (Phi) is 8.62. The molecular weight excluding hydrogens is 414 g/mol. The Hall–Kier alpha value is -2.43. The molecule has 29 heavy (non-hydrogen) atoms. The summed E-state index contributed by atoms with van der Waals surface area (Å²) in [5, 5.41) is 6.85. The van der Waals surface area contributed by atoms with Crippen molar-refractivity contribution < 1.29 is 22.7 Å². The van der Waals surface area contributed by atoms with Crippen molar-refractivity contribution in [1.29, 1.82) is 0 Å². The van der Waals surface area contributed by atoms with E-state index in [9.17, 15) is 18.0 Å². The highest BCUT2D eigenvalue weighted by atomic mass is 32.2. The number of sulfone groups is 1. The molecule has 0 spiro atoms. The van der Waals surface area contributed by atoms with Crippen LogP contribution < -0.4 is 15.4 Å². The number of imide groups is 1. The summed E-state index contributed by atoms with van der Waals surface area (Å²) in [6.07, 6.45) is 1.78. The molecule has 0 atom stereocenters. The molecule has 0 saturated carbocycles. The van der Waals surface area contributed by atoms with Gasteiger partial charge < -0.3 is 10.1 Å². The molecule has 158 valence electrons. The molecule has 2 N–H and O–H groups in total. The van der Waals surface area contributed by atoms with Crippen LogP contribution in [0.4, 0.5) is 4.79 Å². The highest BCUT2D eigenvalue weighted by molar-refractivity contribution is 7.90. The number of ether oxygens (including phenoxy) is 1. The quantitative estimate of drug-likeness (QED) is 0.548. The summed E-state index contributed by atoms with van der Waals surface area (Å²) in [4.78, 5) is 26.6. The van der Waals surface area contributed by atoms with Gasteiger partial charge in [0, 0.05) is 17.7 Å². The Balaban J connectivity index is 1.63. The summed E-state index contributed by atoms with van der Waals surface area (Å²) in [5.41, 5.74) is 0. The van der Waals surface area contributed by atoms with Crippen molar-refractivity contribution in [3.63, 3.8) is 0 Å². The highest BCUT2D eigenvalue weighted by Gasteiger charge is 2.11. The molecule has 0 aliphatic rings. The Morgan fingerprint density at radius 1 is 1.21 bits per heavy atom. The molecule has 1 heterocycles. The smallest absolute Gasteiger partial charge is 0.321 e. The zero-order chi connectivity index (χ0) is 21.3. The van der Waals surface area contributed by atoms with Crippen LogP contribution in [0.25, 0.3) is 0 Å². The molecule has 0 saturated heterocycles. The molecule has 10 heteroatoms. The molecule has 8 nitrogen and oxygen atoms in total. The third-order valence-electron chi connectivity index (χ3n) is 3.86. The number of likely N-dealkylation sites (N-methyl/N-ethyl adjacent to an activating group) is 1. The van der Waals surface area contributed by atoms with Crippen LogP contribution in [0.1, 0.15) is 11.3 Å². The van der Waals surface area contributed by atoms with Gasteiger partial charge in [-0.1, -0.05) is 12.1 Å². The number of nitrogens with zero attached hydrogens (tertiary/aromatic N) is 1. The Labute approximate surface area is 174 Å². The normalized spacial score (nSPS) is 11.3. The second-order valence-electron chi connectivity index (χ2n) is 6.50. The zero-order valence-electron chi connectivity index (χ0n) is 16.4. The Morgan fingerprint density at radius 2 is 2.00 bits per heavy atom. The lowest BCUT2D eigenvalue weighted by atomic mass is 10.3. The minimum absolute atomic E-state index is 0.0794. The third kappa shape index (κ3) is 8.63. The maximum Gasteiger partial charge on any atom is 0.321 e. The van der Waals surface area contributed by atoms with Gasteiger partial charge in [0.25, 0.3) is 0 Å². The molecular formula is C19H25N3O5S2. The SMILES string of the molecule is CN(CCCOc1cccc(S(C)(=O)=O)c1)CC(=O)NC(=O)NCc1cccs1. The molecule has 3 amide bonds. The van der Waals surface area contributed by atoms with E-state index in [1.54, 1.807) is 24.1 Å². The number of nitrogens with one attached hydrogen (secondary N) is 2. The van der Waals surface area contributed by atoms with E-state index in [4.69, 9.17) is 4.74 Å². The topological polar surface area (TPSA) is 105 Å². The number of thiophene rings is 1. The van der Waals surface area contributed by atoms with Crippen LogP contribution in [0, 0.1) is 0 Å². The van der Waals surface area contributed by atoms with E-state index in [-0.39, 0.29) is 11.4 Å². The van der Waals surface area contributed by atoms with Gasteiger partial charge in [-0.25, -0.2) is 13.2 Å². The minimum Gasteiger partial charge on any atom is -0.494 e. The van der Waals surface area contributed by atoms with E-state index in [1.165, 1.54) is 23.5 Å². The predicted molar refractivity (Wildman–Crippen MR) is 112 cm³/mol. The summed E-state index contributed by atoms with van der Waals surface area (Å²) in [6, 6.07) is 9.61. The molecule has 1 aromatic carbocycles. The van der Waals surface area contributed by atoms with Crippen molar-refractivity contribution in [3.05, 3.63) is 46.7 Å². The first-order valence-corrected chi connectivity index (χ1v) is 11.7. The van der Waals surface area contributed by atoms with E-state index in [0.29, 0.717) is 31.9 Å². The van der Waals surface area contributed by atoms with Crippen LogP contribution in [0.3, 0.4) is 0 Å². The number of urea groups is 1. The molecule has 1 aromatic heterocycles. The first-order chi connectivity index (χ1) is 13.7. The van der Waals surface area contributed by atoms with E-state index in [2.05, 4.69) is 10.6 Å². The number of rotatable bonds is 10. The zero-order valence-corrected chi connectivity index (χ0v) is 18.0. The van der Waals surface area contributed by atoms with E-state index >= 15 is 0 Å². The number of amides is 3. The first-order valence-electron chi connectivity index (χ1n) is 8.95. The van der Waals surface area contributed by atoms with Gasteiger partial charge in [-0.2, -0.15) is 0 Å². The van der Waals surface area contributed by atoms with Crippen LogP contribution >= 0.6 is 11.3 Å². The van der Waals surface area contributed by atoms with Crippen molar-refractivity contribution in [2.75, 3.05) is 33.0 Å². The second kappa shape index (κ2) is 10.9. The molecule has 0 fully saturated rings. The van der Waals surface area contributed by atoms with Gasteiger partial charge in [0.2, 0.25) is 5.91 Å². The lowest BCUT2D eigenvalue weighted by molar-refractivity contribution is -0.120. The molecule has 0 unspecified atom stereocenters. The van der Waals surface area contributed by atoms with E-state index in [0.717, 1.165) is 11.1 Å². The maximum atomic E-state index is 11.9. The van der Waals surface area contributed by atoms with Crippen molar-refractivity contribution in [2.45, 2.75) is 17.9 Å². The van der Waals surface area contributed by atoms with Crippen LogP contribution in [-0.2, 0) is 21.2 Å². The molecule has 0 aliphatic carbocycles. The van der Waals surface area contributed by atoms with Crippen molar-refractivity contribution in [2.24, 2.45) is 0 Å². The number of benzene rings is 1. The minimum atomic E-state index is -3.27. The van der Waals surface area contributed by atoms with Crippen molar-refractivity contribution >= 4 is 33.1 Å². The summed E-state index contributed by atoms with van der Waals surface area (Å²) >= 11 is 1.53. The van der Waals surface area contributed by atoms with Gasteiger partial charge in [-0.3, -0.25) is 15.0 Å². The van der Waals surface area contributed by atoms with Gasteiger partial charge in [-0.15, -0.1) is 11.3 Å². The van der Waals surface area contributed by atoms with Crippen LogP contribution in [0.2, 0.25) is 0 Å². The van der Waals surface area contributed by atoms with E-state index < -0.39 is 21.8 Å². The van der Waals surface area contributed by atoms with Gasteiger partial charge >= 0.3 is 6.03 Å². The van der Waals surface area contributed by atoms with Gasteiger partial charge in [0.1, 0.15) is 5.75 Å². The van der Waals surface area contributed by atoms with Crippen LogP contribution in [0.15, 0.2) is 46.7 Å². The number of hydrogen-bond donors (Lipinski definition) is 2. The number of hydrogen-bond acceptors (Lipinski definition) is 7. The monoisotopic (exact) mass is 439 g/mol. The van der Waals surface area contributed by atoms with Gasteiger partial charge in [-0.05, 0) is 43.1 Å². The second-order valence-corrected chi connectivity index (χ2v) is 9.55. The maximum absolute atomic E-state index is 11.9. The summed E-state index contributed by atoms with van der Waals surface area (Å²) in [7, 11) is -1.50. The van der Waals surface area contributed by atoms with Gasteiger partial charge in [0.15, 0.2) is 9.84 Å². The highest BCUT2D eigenvalue weighted by Crippen LogP contribution is 2.17. The van der Waals surface area contributed by atoms with E-state index in [1.807, 2.05) is 17.5 Å². The standard InChI is InChI=1S/C19H25N3O5S2/c1-22(14-18(23)21-19(24)20-13-16-7-4-11-28-16)9-5-10-27-15-6-3-8-17(12-15)29(2,25)26/h3-4,6-8,11-12H,5,9-10,13-14H2,1-2H3,(H2,20,21,23,24). The number of carbonyl (C=O) groups is 2. The molecule has 0 aliphatic heterocycles. The van der Waals surface area contributed by atoms with Crippen molar-refractivity contribution in [3.8, 4) is 5.75 Å². The fourth-order valence-electron chi connectivity index (χ4n) is 2.43. The fourth-order valence-corrected chi connectivity index (χ4v) is 3.73. The molecule has 0 radical (unpaired) electrons. The fraction of sp³-hybridized carbons (Fsp3) is 0.368. The largest absolute Gasteiger partial charge is 0.494 e. The first kappa shape index (κ1) is 22.9. The molecule has 2 rings (SSSR count). The lowest BCUT2D eigenvalue weighted by Gasteiger charge is -2.16. The average Bonchev–Trinajstić information content (AvgIpc) is 3.16. The summed E-state index contributed by atoms with van der Waals surface area (Å²) in [6.45, 7) is 1.41. The van der Waals surface area contributed by atoms with Gasteiger partial charge in [0.05, 0.1) is 24.6 Å². The average molecular weight is 440 g/mol. The Bertz CT molecular complexity index is 914. The predicted octanol–water partition coefficient (Wildman–Crippen LogP) is 1.88. The van der Waals surface area contributed by atoms with Crippen LogP contribution in [-0.4, -0.2) is 58.3 Å². The summed E-state index contributed by atoms with van der Waals surface area (Å²) in [5.74, 6) is 0.0914. The molecule has 0 bridgehead atoms. The molecule has 2 aromatic rings. The van der Waals surface area contributed by atoms with Crippen molar-refractivity contribution in [1.82, 2.24) is 15.5 Å². The summed E-state index contributed by atoms with van der Waals surface area (Å²) < 4.78 is 28.7. The third-order valence-corrected chi connectivity index (χ3v) is 5.84.